The van der Waals surface area contributed by atoms with E-state index >= 15 is 0 Å². The SMILES string of the molecule is CCCC(NC(=O)/C=C/c1cccc(N)c1)C(=O)O. The number of nitrogens with one attached hydrogen (secondary N) is 1. The summed E-state index contributed by atoms with van der Waals surface area (Å²) in [5.41, 5.74) is 7.01. The fourth-order valence-electron chi connectivity index (χ4n) is 1.60. The highest BCUT2D eigenvalue weighted by Crippen LogP contribution is 2.08. The van der Waals surface area contributed by atoms with E-state index in [1.54, 1.807) is 30.3 Å². The average Bonchev–Trinajstić information content (AvgIpc) is 2.36. The van der Waals surface area contributed by atoms with Crippen molar-refractivity contribution >= 4 is 23.6 Å². The highest BCUT2D eigenvalue weighted by Gasteiger charge is 2.17. The molecule has 0 aliphatic carbocycles. The highest BCUT2D eigenvalue weighted by molar-refractivity contribution is 5.94. The first-order valence-corrected chi connectivity index (χ1v) is 6.10. The topological polar surface area (TPSA) is 92.4 Å². The monoisotopic (exact) mass is 262 g/mol. The number of carboxylic acid groups (broad SMARTS) is 1. The Labute approximate surface area is 112 Å². The summed E-state index contributed by atoms with van der Waals surface area (Å²) in [6.45, 7) is 1.87. The lowest BCUT2D eigenvalue weighted by atomic mass is 10.1. The largest absolute Gasteiger partial charge is 0.480 e. The fraction of sp³-hybridized carbons (Fsp3) is 0.286. The Morgan fingerprint density at radius 3 is 2.79 bits per heavy atom. The molecule has 1 aromatic rings. The van der Waals surface area contributed by atoms with Crippen molar-refractivity contribution in [2.45, 2.75) is 25.8 Å². The van der Waals surface area contributed by atoms with Crippen LogP contribution in [0.4, 0.5) is 5.69 Å². The minimum Gasteiger partial charge on any atom is -0.480 e. The van der Waals surface area contributed by atoms with Crippen LogP contribution >= 0.6 is 0 Å². The van der Waals surface area contributed by atoms with Crippen molar-refractivity contribution in [2.75, 3.05) is 5.73 Å². The molecule has 1 amide bonds. The van der Waals surface area contributed by atoms with Crippen molar-refractivity contribution in [3.05, 3.63) is 35.9 Å². The quantitative estimate of drug-likeness (QED) is 0.537. The number of nitrogen functional groups attached to an aromatic ring is 1. The van der Waals surface area contributed by atoms with Crippen LogP contribution in [0.3, 0.4) is 0 Å². The third-order valence-corrected chi connectivity index (χ3v) is 2.53. The van der Waals surface area contributed by atoms with E-state index in [0.717, 1.165) is 5.56 Å². The van der Waals surface area contributed by atoms with E-state index in [-0.39, 0.29) is 0 Å². The number of rotatable bonds is 6. The summed E-state index contributed by atoms with van der Waals surface area (Å²) in [4.78, 5) is 22.5. The van der Waals surface area contributed by atoms with Gasteiger partial charge in [-0.25, -0.2) is 4.79 Å². The Bertz CT molecular complexity index is 483. The lowest BCUT2D eigenvalue weighted by Gasteiger charge is -2.11. The van der Waals surface area contributed by atoms with E-state index in [0.29, 0.717) is 18.5 Å². The van der Waals surface area contributed by atoms with Gasteiger partial charge in [0.05, 0.1) is 0 Å². The van der Waals surface area contributed by atoms with Gasteiger partial charge >= 0.3 is 5.97 Å². The van der Waals surface area contributed by atoms with Crippen LogP contribution in [0.15, 0.2) is 30.3 Å². The first-order chi connectivity index (χ1) is 9.02. The summed E-state index contributed by atoms with van der Waals surface area (Å²) >= 11 is 0. The van der Waals surface area contributed by atoms with Gasteiger partial charge in [0.15, 0.2) is 0 Å². The molecule has 1 atom stereocenters. The first kappa shape index (κ1) is 14.8. The predicted molar refractivity (Wildman–Crippen MR) is 74.4 cm³/mol. The number of carbonyl (C=O) groups is 2. The minimum absolute atomic E-state index is 0.410. The maximum Gasteiger partial charge on any atom is 0.326 e. The zero-order chi connectivity index (χ0) is 14.3. The molecule has 5 heteroatoms. The van der Waals surface area contributed by atoms with Crippen LogP contribution in [0.5, 0.6) is 0 Å². The van der Waals surface area contributed by atoms with Crippen LogP contribution in [0, 0.1) is 0 Å². The molecule has 1 rings (SSSR count). The average molecular weight is 262 g/mol. The molecule has 0 spiro atoms. The lowest BCUT2D eigenvalue weighted by Crippen LogP contribution is -2.39. The number of benzene rings is 1. The Hall–Kier alpha value is -2.30. The maximum atomic E-state index is 11.6. The molecule has 102 valence electrons. The molecule has 0 aromatic heterocycles. The van der Waals surface area contributed by atoms with E-state index in [1.807, 2.05) is 6.92 Å². The van der Waals surface area contributed by atoms with Crippen LogP contribution in [0.1, 0.15) is 25.3 Å². The number of carboxylic acids is 1. The molecule has 0 aliphatic heterocycles. The van der Waals surface area contributed by atoms with Crippen LogP contribution in [-0.4, -0.2) is 23.0 Å². The number of carbonyl (C=O) groups excluding carboxylic acids is 1. The molecule has 0 saturated carbocycles. The summed E-state index contributed by atoms with van der Waals surface area (Å²) in [5.74, 6) is -1.45. The summed E-state index contributed by atoms with van der Waals surface area (Å²) in [6.07, 6.45) is 4.00. The molecule has 0 saturated heterocycles. The smallest absolute Gasteiger partial charge is 0.326 e. The Morgan fingerprint density at radius 2 is 2.21 bits per heavy atom. The second-order valence-electron chi connectivity index (χ2n) is 4.19. The summed E-state index contributed by atoms with van der Waals surface area (Å²) in [6, 6.07) is 6.22. The molecule has 0 heterocycles. The minimum atomic E-state index is -1.02. The Morgan fingerprint density at radius 1 is 1.47 bits per heavy atom. The number of anilines is 1. The first-order valence-electron chi connectivity index (χ1n) is 6.10. The molecule has 4 N–H and O–H groups in total. The zero-order valence-corrected chi connectivity index (χ0v) is 10.8. The molecular weight excluding hydrogens is 244 g/mol. The van der Waals surface area contributed by atoms with Crippen molar-refractivity contribution < 1.29 is 14.7 Å². The number of aliphatic carboxylic acids is 1. The second-order valence-corrected chi connectivity index (χ2v) is 4.19. The van der Waals surface area contributed by atoms with E-state index in [9.17, 15) is 9.59 Å². The maximum absolute atomic E-state index is 11.6. The number of nitrogens with two attached hydrogens (primary N) is 1. The van der Waals surface area contributed by atoms with Gasteiger partial charge in [-0.3, -0.25) is 4.79 Å². The van der Waals surface area contributed by atoms with E-state index in [4.69, 9.17) is 10.8 Å². The number of hydrogen-bond donors (Lipinski definition) is 3. The molecule has 19 heavy (non-hydrogen) atoms. The van der Waals surface area contributed by atoms with Gasteiger partial charge in [-0.05, 0) is 30.2 Å². The van der Waals surface area contributed by atoms with E-state index < -0.39 is 17.9 Å². The van der Waals surface area contributed by atoms with Gasteiger partial charge in [-0.2, -0.15) is 0 Å². The number of hydrogen-bond acceptors (Lipinski definition) is 3. The van der Waals surface area contributed by atoms with Gasteiger partial charge in [0.25, 0.3) is 0 Å². The normalized spacial score (nSPS) is 12.3. The van der Waals surface area contributed by atoms with Gasteiger partial charge in [-0.15, -0.1) is 0 Å². The van der Waals surface area contributed by atoms with Crippen LogP contribution in [0.25, 0.3) is 6.08 Å². The lowest BCUT2D eigenvalue weighted by molar-refractivity contribution is -0.141. The molecule has 5 nitrogen and oxygen atoms in total. The van der Waals surface area contributed by atoms with Crippen molar-refractivity contribution in [1.29, 1.82) is 0 Å². The Balaban J connectivity index is 2.61. The molecular formula is C14H18N2O3. The molecule has 0 radical (unpaired) electrons. The molecule has 0 bridgehead atoms. The summed E-state index contributed by atoms with van der Waals surface area (Å²) < 4.78 is 0. The van der Waals surface area contributed by atoms with Gasteiger partial charge in [0.2, 0.25) is 5.91 Å². The van der Waals surface area contributed by atoms with E-state index in [1.165, 1.54) is 6.08 Å². The van der Waals surface area contributed by atoms with Crippen LogP contribution in [-0.2, 0) is 9.59 Å². The van der Waals surface area contributed by atoms with Crippen molar-refractivity contribution in [1.82, 2.24) is 5.32 Å². The van der Waals surface area contributed by atoms with Crippen molar-refractivity contribution in [3.8, 4) is 0 Å². The third-order valence-electron chi connectivity index (χ3n) is 2.53. The summed E-state index contributed by atoms with van der Waals surface area (Å²) in [5, 5.41) is 11.4. The predicted octanol–water partition coefficient (Wildman–Crippen LogP) is 1.65. The standard InChI is InChI=1S/C14H18N2O3/c1-2-4-12(14(18)19)16-13(17)8-7-10-5-3-6-11(15)9-10/h3,5-9,12H,2,4,15H2,1H3,(H,16,17)(H,18,19)/b8-7+. The van der Waals surface area contributed by atoms with Gasteiger partial charge < -0.3 is 16.2 Å². The van der Waals surface area contributed by atoms with Crippen LogP contribution in [0.2, 0.25) is 0 Å². The third kappa shape index (κ3) is 5.25. The zero-order valence-electron chi connectivity index (χ0n) is 10.8. The highest BCUT2D eigenvalue weighted by atomic mass is 16.4. The molecule has 1 unspecified atom stereocenters. The molecule has 1 aromatic carbocycles. The Kier molecular flexibility index (Phi) is 5.60. The van der Waals surface area contributed by atoms with Gasteiger partial charge in [0, 0.05) is 11.8 Å². The van der Waals surface area contributed by atoms with Gasteiger partial charge in [-0.1, -0.05) is 25.5 Å². The van der Waals surface area contributed by atoms with E-state index in [2.05, 4.69) is 5.32 Å². The molecule has 0 aliphatic rings. The van der Waals surface area contributed by atoms with Crippen molar-refractivity contribution in [3.63, 3.8) is 0 Å². The second kappa shape index (κ2) is 7.20. The molecule has 0 fully saturated rings. The van der Waals surface area contributed by atoms with Crippen LogP contribution < -0.4 is 11.1 Å². The summed E-state index contributed by atoms with van der Waals surface area (Å²) in [7, 11) is 0. The van der Waals surface area contributed by atoms with Gasteiger partial charge in [0.1, 0.15) is 6.04 Å². The fourth-order valence-corrected chi connectivity index (χ4v) is 1.60. The van der Waals surface area contributed by atoms with Crippen molar-refractivity contribution in [2.24, 2.45) is 0 Å². The number of amides is 1.